The topological polar surface area (TPSA) is 54.3 Å². The van der Waals surface area contributed by atoms with Crippen LogP contribution in [0.2, 0.25) is 0 Å². The summed E-state index contributed by atoms with van der Waals surface area (Å²) in [5, 5.41) is 13.7. The number of carbonyl (C=O) groups excluding carboxylic acids is 1. The first-order valence-corrected chi connectivity index (χ1v) is 10.0. The maximum atomic E-state index is 13.0. The highest BCUT2D eigenvalue weighted by Crippen LogP contribution is 2.49. The van der Waals surface area contributed by atoms with E-state index in [0.717, 1.165) is 34.5 Å². The van der Waals surface area contributed by atoms with Crippen LogP contribution in [0.1, 0.15) is 54.4 Å². The number of amides is 1. The van der Waals surface area contributed by atoms with E-state index in [1.807, 2.05) is 10.8 Å². The van der Waals surface area contributed by atoms with Crippen LogP contribution >= 0.6 is 0 Å². The number of hydrogen-bond donors (Lipinski definition) is 2. The maximum Gasteiger partial charge on any atom is 0.253 e. The van der Waals surface area contributed by atoms with Gasteiger partial charge < -0.3 is 15.0 Å². The Morgan fingerprint density at radius 3 is 2.65 bits per heavy atom. The largest absolute Gasteiger partial charge is 0.395 e. The quantitative estimate of drug-likeness (QED) is 0.808. The molecule has 3 aliphatic carbocycles. The normalized spacial score (nSPS) is 24.9. The number of aromatic nitrogens is 1. The van der Waals surface area contributed by atoms with Gasteiger partial charge in [-0.3, -0.25) is 4.79 Å². The Kier molecular flexibility index (Phi) is 4.60. The van der Waals surface area contributed by atoms with Crippen molar-refractivity contribution in [2.45, 2.75) is 52.0 Å². The zero-order valence-corrected chi connectivity index (χ0v) is 16.0. The number of rotatable bonds is 5. The first kappa shape index (κ1) is 17.7. The molecule has 5 rings (SSSR count). The second-order valence-corrected chi connectivity index (χ2v) is 8.60. The number of hydrogen-bond acceptors (Lipinski definition) is 2. The van der Waals surface area contributed by atoms with Crippen molar-refractivity contribution in [3.05, 3.63) is 29.5 Å². The first-order chi connectivity index (χ1) is 12.5. The lowest BCUT2D eigenvalue weighted by molar-refractivity contribution is 0.0598. The highest BCUT2D eigenvalue weighted by molar-refractivity contribution is 6.33. The third-order valence-corrected chi connectivity index (χ3v) is 6.78. The standard InChI is InChI=1S/C21H29BN2O2/c1-14-10-16(22)11-18-19(14)17(12-24(18)8-9-25)20(26)23-13-21-5-2-15(3-6-21)4-7-21/h10-12,15,25H,2-9,13,22H2,1H3,(H,23,26). The Balaban J connectivity index is 1.60. The Labute approximate surface area is 156 Å². The van der Waals surface area contributed by atoms with E-state index in [0.29, 0.717) is 12.0 Å². The van der Waals surface area contributed by atoms with E-state index >= 15 is 0 Å². The number of benzene rings is 1. The van der Waals surface area contributed by atoms with Crippen LogP contribution in [-0.4, -0.2) is 36.6 Å². The summed E-state index contributed by atoms with van der Waals surface area (Å²) in [7, 11) is 2.07. The summed E-state index contributed by atoms with van der Waals surface area (Å²) in [4.78, 5) is 13.0. The summed E-state index contributed by atoms with van der Waals surface area (Å²) in [6.07, 6.45) is 9.73. The van der Waals surface area contributed by atoms with Gasteiger partial charge >= 0.3 is 0 Å². The van der Waals surface area contributed by atoms with Crippen LogP contribution in [-0.2, 0) is 6.54 Å². The molecule has 0 spiro atoms. The van der Waals surface area contributed by atoms with Crippen LogP contribution in [0.5, 0.6) is 0 Å². The molecule has 3 saturated carbocycles. The van der Waals surface area contributed by atoms with Crippen LogP contribution in [0.3, 0.4) is 0 Å². The Hall–Kier alpha value is -1.75. The van der Waals surface area contributed by atoms with Crippen LogP contribution in [0.4, 0.5) is 0 Å². The molecule has 2 aromatic rings. The fraction of sp³-hybridized carbons (Fsp3) is 0.571. The second kappa shape index (κ2) is 6.77. The van der Waals surface area contributed by atoms with Gasteiger partial charge in [-0.1, -0.05) is 11.5 Å². The molecule has 5 heteroatoms. The van der Waals surface area contributed by atoms with E-state index in [4.69, 9.17) is 0 Å². The van der Waals surface area contributed by atoms with Crippen molar-refractivity contribution in [2.24, 2.45) is 11.3 Å². The second-order valence-electron chi connectivity index (χ2n) is 8.60. The number of aliphatic hydroxyl groups is 1. The molecular formula is C21H29BN2O2. The lowest BCUT2D eigenvalue weighted by Gasteiger charge is -2.46. The minimum atomic E-state index is 0.0284. The van der Waals surface area contributed by atoms with E-state index < -0.39 is 0 Å². The van der Waals surface area contributed by atoms with E-state index in [-0.39, 0.29) is 12.5 Å². The zero-order chi connectivity index (χ0) is 18.3. The van der Waals surface area contributed by atoms with Gasteiger partial charge in [-0.15, -0.1) is 0 Å². The van der Waals surface area contributed by atoms with Gasteiger partial charge in [0.2, 0.25) is 0 Å². The summed E-state index contributed by atoms with van der Waals surface area (Å²) < 4.78 is 2.01. The van der Waals surface area contributed by atoms with Gasteiger partial charge in [-0.2, -0.15) is 0 Å². The van der Waals surface area contributed by atoms with Crippen molar-refractivity contribution in [3.8, 4) is 0 Å². The Morgan fingerprint density at radius 1 is 1.31 bits per heavy atom. The molecule has 138 valence electrons. The molecule has 0 atom stereocenters. The molecule has 0 aliphatic heterocycles. The molecule has 0 unspecified atom stereocenters. The molecule has 1 aromatic carbocycles. The molecule has 0 saturated heterocycles. The monoisotopic (exact) mass is 352 g/mol. The maximum absolute atomic E-state index is 13.0. The van der Waals surface area contributed by atoms with E-state index in [1.54, 1.807) is 0 Å². The molecule has 26 heavy (non-hydrogen) atoms. The highest BCUT2D eigenvalue weighted by atomic mass is 16.3. The predicted molar refractivity (Wildman–Crippen MR) is 108 cm³/mol. The van der Waals surface area contributed by atoms with E-state index in [9.17, 15) is 9.90 Å². The SMILES string of the molecule is Bc1cc(C)c2c(C(=O)NCC34CCC(CC3)CC4)cn(CCO)c2c1. The average Bonchev–Trinajstić information content (AvgIpc) is 3.00. The van der Waals surface area contributed by atoms with Gasteiger partial charge in [0.25, 0.3) is 5.91 Å². The molecule has 4 nitrogen and oxygen atoms in total. The number of fused-ring (bicyclic) bond motifs is 4. The van der Waals surface area contributed by atoms with Gasteiger partial charge in [0.05, 0.1) is 12.2 Å². The summed E-state index contributed by atoms with van der Waals surface area (Å²) in [5.74, 6) is 0.968. The van der Waals surface area contributed by atoms with Gasteiger partial charge in [-0.05, 0) is 68.4 Å². The fourth-order valence-electron chi connectivity index (χ4n) is 5.24. The van der Waals surface area contributed by atoms with Crippen molar-refractivity contribution in [3.63, 3.8) is 0 Å². The highest BCUT2D eigenvalue weighted by Gasteiger charge is 2.40. The minimum Gasteiger partial charge on any atom is -0.395 e. The molecular weight excluding hydrogens is 323 g/mol. The first-order valence-electron chi connectivity index (χ1n) is 10.0. The van der Waals surface area contributed by atoms with Crippen molar-refractivity contribution < 1.29 is 9.90 Å². The summed E-state index contributed by atoms with van der Waals surface area (Å²) in [6, 6.07) is 4.24. The zero-order valence-electron chi connectivity index (χ0n) is 16.0. The number of nitrogens with one attached hydrogen (secondary N) is 1. The lowest BCUT2D eigenvalue weighted by Crippen LogP contribution is -2.43. The lowest BCUT2D eigenvalue weighted by atomic mass is 9.61. The molecule has 2 N–H and O–H groups in total. The van der Waals surface area contributed by atoms with Crippen LogP contribution in [0, 0.1) is 18.3 Å². The van der Waals surface area contributed by atoms with Crippen molar-refractivity contribution in [2.75, 3.05) is 13.2 Å². The third-order valence-electron chi connectivity index (χ3n) is 6.78. The Bertz CT molecular complexity index is 820. The third kappa shape index (κ3) is 3.07. The molecule has 3 fully saturated rings. The van der Waals surface area contributed by atoms with Gasteiger partial charge in [0.15, 0.2) is 0 Å². The predicted octanol–water partition coefficient (Wildman–Crippen LogP) is 1.90. The summed E-state index contributed by atoms with van der Waals surface area (Å²) in [5.41, 5.74) is 4.42. The van der Waals surface area contributed by atoms with Crippen molar-refractivity contribution in [1.82, 2.24) is 9.88 Å². The number of nitrogens with zero attached hydrogens (tertiary/aromatic N) is 1. The van der Waals surface area contributed by atoms with Crippen LogP contribution in [0.15, 0.2) is 18.3 Å². The van der Waals surface area contributed by atoms with Crippen molar-refractivity contribution >= 4 is 30.1 Å². The van der Waals surface area contributed by atoms with Gasteiger partial charge in [0, 0.05) is 30.2 Å². The number of aryl methyl sites for hydroxylation is 1. The summed E-state index contributed by atoms with van der Waals surface area (Å²) in [6.45, 7) is 3.45. The van der Waals surface area contributed by atoms with E-state index in [1.165, 1.54) is 44.0 Å². The fourth-order valence-corrected chi connectivity index (χ4v) is 5.24. The minimum absolute atomic E-state index is 0.0284. The van der Waals surface area contributed by atoms with Gasteiger partial charge in [0.1, 0.15) is 7.85 Å². The average molecular weight is 352 g/mol. The van der Waals surface area contributed by atoms with Crippen LogP contribution < -0.4 is 10.8 Å². The van der Waals surface area contributed by atoms with Crippen LogP contribution in [0.25, 0.3) is 10.9 Å². The number of carbonyl (C=O) groups is 1. The molecule has 1 amide bonds. The van der Waals surface area contributed by atoms with Gasteiger partial charge in [-0.25, -0.2) is 0 Å². The number of aliphatic hydroxyl groups excluding tert-OH is 1. The molecule has 0 radical (unpaired) electrons. The molecule has 1 heterocycles. The molecule has 3 aliphatic rings. The Morgan fingerprint density at radius 2 is 2.00 bits per heavy atom. The molecule has 1 aromatic heterocycles. The van der Waals surface area contributed by atoms with Crippen molar-refractivity contribution in [1.29, 1.82) is 0 Å². The smallest absolute Gasteiger partial charge is 0.253 e. The summed E-state index contributed by atoms with van der Waals surface area (Å²) >= 11 is 0. The van der Waals surface area contributed by atoms with E-state index in [2.05, 4.69) is 32.2 Å². The molecule has 2 bridgehead atoms.